The second-order valence-electron chi connectivity index (χ2n) is 6.57. The first kappa shape index (κ1) is 19.1. The topological polar surface area (TPSA) is 127 Å². The molecule has 1 aliphatic heterocycles. The van der Waals surface area contributed by atoms with Crippen LogP contribution in [0.15, 0.2) is 77.0 Å². The number of aromatic nitrogens is 1. The number of nitro groups is 1. The SMILES string of the molecule is O=C1C(=O)N(Cc2ccccn2)C(c2ccco2)/C1=C(/O)c1ccc([N+](=O)[O-])cc1. The maximum absolute atomic E-state index is 12.8. The highest BCUT2D eigenvalue weighted by Crippen LogP contribution is 2.40. The van der Waals surface area contributed by atoms with Crippen LogP contribution in [-0.2, 0) is 16.1 Å². The molecule has 0 spiro atoms. The normalized spacial score (nSPS) is 18.0. The maximum Gasteiger partial charge on any atom is 0.296 e. The number of aliphatic hydroxyl groups is 1. The van der Waals surface area contributed by atoms with Crippen LogP contribution in [0.1, 0.15) is 23.1 Å². The lowest BCUT2D eigenvalue weighted by molar-refractivity contribution is -0.384. The Labute approximate surface area is 170 Å². The quantitative estimate of drug-likeness (QED) is 0.227. The fourth-order valence-electron chi connectivity index (χ4n) is 3.35. The van der Waals surface area contributed by atoms with Crippen LogP contribution in [0.4, 0.5) is 5.69 Å². The lowest BCUT2D eigenvalue weighted by atomic mass is 9.99. The highest BCUT2D eigenvalue weighted by molar-refractivity contribution is 6.46. The van der Waals surface area contributed by atoms with Crippen LogP contribution < -0.4 is 0 Å². The van der Waals surface area contributed by atoms with E-state index in [0.29, 0.717) is 11.5 Å². The third kappa shape index (κ3) is 3.32. The summed E-state index contributed by atoms with van der Waals surface area (Å²) in [7, 11) is 0. The fourth-order valence-corrected chi connectivity index (χ4v) is 3.35. The Morgan fingerprint density at radius 2 is 1.90 bits per heavy atom. The average molecular weight is 405 g/mol. The number of rotatable bonds is 5. The molecule has 2 aromatic heterocycles. The van der Waals surface area contributed by atoms with Crippen molar-refractivity contribution in [3.05, 3.63) is 99.8 Å². The number of Topliss-reactive ketones (excluding diaryl/α,β-unsaturated/α-hetero) is 1. The van der Waals surface area contributed by atoms with E-state index >= 15 is 0 Å². The Bertz CT molecular complexity index is 1140. The maximum atomic E-state index is 12.8. The van der Waals surface area contributed by atoms with E-state index in [9.17, 15) is 24.8 Å². The molecule has 1 atom stereocenters. The summed E-state index contributed by atoms with van der Waals surface area (Å²) >= 11 is 0. The van der Waals surface area contributed by atoms with E-state index in [-0.39, 0.29) is 23.4 Å². The average Bonchev–Trinajstić information content (AvgIpc) is 3.37. The first-order valence-electron chi connectivity index (χ1n) is 8.94. The Balaban J connectivity index is 1.80. The van der Waals surface area contributed by atoms with Crippen LogP contribution in [-0.4, -0.2) is 31.6 Å². The molecule has 9 nitrogen and oxygen atoms in total. The van der Waals surface area contributed by atoms with Crippen molar-refractivity contribution >= 4 is 23.1 Å². The van der Waals surface area contributed by atoms with E-state index in [4.69, 9.17) is 4.42 Å². The highest BCUT2D eigenvalue weighted by Gasteiger charge is 2.47. The van der Waals surface area contributed by atoms with E-state index in [2.05, 4.69) is 4.98 Å². The van der Waals surface area contributed by atoms with E-state index in [1.807, 2.05) is 0 Å². The van der Waals surface area contributed by atoms with Gasteiger partial charge >= 0.3 is 0 Å². The number of amides is 1. The number of pyridine rings is 1. The Morgan fingerprint density at radius 1 is 1.13 bits per heavy atom. The van der Waals surface area contributed by atoms with Gasteiger partial charge in [-0.3, -0.25) is 24.7 Å². The highest BCUT2D eigenvalue weighted by atomic mass is 16.6. The van der Waals surface area contributed by atoms with Crippen molar-refractivity contribution < 1.29 is 24.0 Å². The molecule has 1 aromatic carbocycles. The number of furan rings is 1. The summed E-state index contributed by atoms with van der Waals surface area (Å²) in [5.41, 5.74) is 0.420. The number of nitrogens with zero attached hydrogens (tertiary/aromatic N) is 3. The number of aliphatic hydroxyl groups excluding tert-OH is 1. The van der Waals surface area contributed by atoms with Crippen molar-refractivity contribution in [2.24, 2.45) is 0 Å². The summed E-state index contributed by atoms with van der Waals surface area (Å²) in [6, 6.07) is 12.5. The van der Waals surface area contributed by atoms with Crippen molar-refractivity contribution in [3.8, 4) is 0 Å². The number of carbonyl (C=O) groups is 2. The summed E-state index contributed by atoms with van der Waals surface area (Å²) in [6.45, 7) is 0.0355. The number of benzene rings is 1. The number of ketones is 1. The van der Waals surface area contributed by atoms with Crippen LogP contribution in [0.3, 0.4) is 0 Å². The molecule has 3 aromatic rings. The zero-order valence-electron chi connectivity index (χ0n) is 15.5. The van der Waals surface area contributed by atoms with Gasteiger partial charge in [0.2, 0.25) is 0 Å². The summed E-state index contributed by atoms with van der Waals surface area (Å²) in [6.07, 6.45) is 2.98. The van der Waals surface area contributed by atoms with Gasteiger partial charge in [0.1, 0.15) is 17.6 Å². The Kier molecular flexibility index (Phi) is 4.85. The zero-order chi connectivity index (χ0) is 21.3. The van der Waals surface area contributed by atoms with Gasteiger partial charge in [0.05, 0.1) is 29.0 Å². The van der Waals surface area contributed by atoms with Crippen LogP contribution in [0.5, 0.6) is 0 Å². The van der Waals surface area contributed by atoms with E-state index in [1.54, 1.807) is 36.5 Å². The molecule has 1 unspecified atom stereocenters. The second-order valence-corrected chi connectivity index (χ2v) is 6.57. The molecule has 1 fully saturated rings. The summed E-state index contributed by atoms with van der Waals surface area (Å²) < 4.78 is 5.45. The fraction of sp³-hybridized carbons (Fsp3) is 0.0952. The van der Waals surface area contributed by atoms with Crippen LogP contribution in [0.25, 0.3) is 5.76 Å². The van der Waals surface area contributed by atoms with Crippen molar-refractivity contribution in [1.82, 2.24) is 9.88 Å². The monoisotopic (exact) mass is 405 g/mol. The minimum atomic E-state index is -0.961. The van der Waals surface area contributed by atoms with Gasteiger partial charge in [-0.15, -0.1) is 0 Å². The molecular formula is C21H15N3O6. The minimum Gasteiger partial charge on any atom is -0.507 e. The van der Waals surface area contributed by atoms with Gasteiger partial charge in [0.15, 0.2) is 0 Å². The molecule has 9 heteroatoms. The largest absolute Gasteiger partial charge is 0.507 e. The predicted octanol–water partition coefficient (Wildman–Crippen LogP) is 3.20. The van der Waals surface area contributed by atoms with Crippen molar-refractivity contribution in [3.63, 3.8) is 0 Å². The van der Waals surface area contributed by atoms with Gasteiger partial charge in [-0.25, -0.2) is 0 Å². The summed E-state index contributed by atoms with van der Waals surface area (Å²) in [4.78, 5) is 41.4. The number of hydrogen-bond acceptors (Lipinski definition) is 7. The third-order valence-electron chi connectivity index (χ3n) is 4.76. The van der Waals surface area contributed by atoms with Crippen LogP contribution in [0, 0.1) is 10.1 Å². The molecule has 0 radical (unpaired) electrons. The number of likely N-dealkylation sites (tertiary alicyclic amines) is 1. The molecule has 1 aliphatic rings. The summed E-state index contributed by atoms with van der Waals surface area (Å²) in [5.74, 6) is -1.81. The first-order valence-corrected chi connectivity index (χ1v) is 8.94. The first-order chi connectivity index (χ1) is 14.5. The van der Waals surface area contributed by atoms with Crippen molar-refractivity contribution in [1.29, 1.82) is 0 Å². The molecule has 0 saturated carbocycles. The molecule has 1 amide bonds. The Morgan fingerprint density at radius 3 is 2.50 bits per heavy atom. The number of non-ortho nitro benzene ring substituents is 1. The van der Waals surface area contributed by atoms with Gasteiger partial charge in [-0.05, 0) is 36.4 Å². The second kappa shape index (κ2) is 7.63. The molecule has 150 valence electrons. The van der Waals surface area contributed by atoms with Gasteiger partial charge in [-0.1, -0.05) is 6.07 Å². The molecule has 1 N–H and O–H groups in total. The summed E-state index contributed by atoms with van der Waals surface area (Å²) in [5, 5.41) is 21.7. The van der Waals surface area contributed by atoms with Gasteiger partial charge in [0, 0.05) is 23.9 Å². The predicted molar refractivity (Wildman–Crippen MR) is 104 cm³/mol. The van der Waals surface area contributed by atoms with Crippen LogP contribution in [0.2, 0.25) is 0 Å². The van der Waals surface area contributed by atoms with Gasteiger partial charge < -0.3 is 14.4 Å². The van der Waals surface area contributed by atoms with E-state index in [1.165, 1.54) is 35.4 Å². The number of hydrogen-bond donors (Lipinski definition) is 1. The molecule has 1 saturated heterocycles. The number of nitro benzene ring substituents is 1. The van der Waals surface area contributed by atoms with E-state index in [0.717, 1.165) is 0 Å². The molecule has 3 heterocycles. The third-order valence-corrected chi connectivity index (χ3v) is 4.76. The number of carbonyl (C=O) groups excluding carboxylic acids is 2. The van der Waals surface area contributed by atoms with E-state index < -0.39 is 28.4 Å². The minimum absolute atomic E-state index is 0.0355. The van der Waals surface area contributed by atoms with Gasteiger partial charge in [-0.2, -0.15) is 0 Å². The van der Waals surface area contributed by atoms with Gasteiger partial charge in [0.25, 0.3) is 17.4 Å². The molecule has 0 bridgehead atoms. The molecule has 4 rings (SSSR count). The lowest BCUT2D eigenvalue weighted by Gasteiger charge is -2.22. The van der Waals surface area contributed by atoms with Crippen molar-refractivity contribution in [2.45, 2.75) is 12.6 Å². The van der Waals surface area contributed by atoms with Crippen molar-refractivity contribution in [2.75, 3.05) is 0 Å². The zero-order valence-corrected chi connectivity index (χ0v) is 15.5. The molecule has 30 heavy (non-hydrogen) atoms. The standard InChI is InChI=1S/C21H15N3O6/c25-19(13-6-8-15(9-7-13)24(28)29)17-18(16-5-3-11-30-16)23(21(27)20(17)26)12-14-4-1-2-10-22-14/h1-11,18,25H,12H2/b19-17-. The van der Waals surface area contributed by atoms with Crippen LogP contribution >= 0.6 is 0 Å². The molecule has 0 aliphatic carbocycles. The molecular weight excluding hydrogens is 390 g/mol. The smallest absolute Gasteiger partial charge is 0.296 e. The lowest BCUT2D eigenvalue weighted by Crippen LogP contribution is -2.29. The Hall–Kier alpha value is -4.27.